The Kier molecular flexibility index (Phi) is 9.12. The largest absolute Gasteiger partial charge is 0.481 e. The summed E-state index contributed by atoms with van der Waals surface area (Å²) in [6.45, 7) is 0.181. The number of amides is 1. The Morgan fingerprint density at radius 2 is 1.22 bits per heavy atom. The first-order valence-electron chi connectivity index (χ1n) is 7.45. The van der Waals surface area contributed by atoms with Gasteiger partial charge in [0, 0.05) is 13.1 Å². The molecule has 0 aliphatic heterocycles. The molecule has 0 spiro atoms. The van der Waals surface area contributed by atoms with Crippen LogP contribution in [0.15, 0.2) is 0 Å². The standard InChI is InChI=1S/C13H22N4O10/c14-1-2-16-17-11(26)27-13(15,6-10(24)25)12(3-7(18)19,4-8(20)21)5-9(22)23/h16H,1-6,14-15H2,(H,17,26)(H,18,19)(H,20,21)(H,22,23)(H,24,25). The van der Waals surface area contributed by atoms with E-state index in [1.807, 2.05) is 5.43 Å². The third kappa shape index (κ3) is 7.85. The summed E-state index contributed by atoms with van der Waals surface area (Å²) in [5.41, 5.74) is 10.00. The highest BCUT2D eigenvalue weighted by molar-refractivity contribution is 5.78. The maximum atomic E-state index is 11.9. The van der Waals surface area contributed by atoms with Gasteiger partial charge >= 0.3 is 30.0 Å². The normalized spacial score (nSPS) is 13.3. The van der Waals surface area contributed by atoms with Crippen molar-refractivity contribution in [1.29, 1.82) is 0 Å². The SMILES string of the molecule is NCCNNC(=O)OC(N)(CC(=O)O)C(CC(=O)O)(CC(=O)O)CC(=O)O. The summed E-state index contributed by atoms with van der Waals surface area (Å²) in [6, 6.07) is 0. The Morgan fingerprint density at radius 3 is 1.56 bits per heavy atom. The molecular weight excluding hydrogens is 372 g/mol. The molecule has 14 nitrogen and oxygen atoms in total. The monoisotopic (exact) mass is 394 g/mol. The van der Waals surface area contributed by atoms with Crippen LogP contribution < -0.4 is 22.3 Å². The summed E-state index contributed by atoms with van der Waals surface area (Å²) in [7, 11) is 0. The number of carboxylic acids is 4. The number of hydrogen-bond acceptors (Lipinski definition) is 9. The summed E-state index contributed by atoms with van der Waals surface area (Å²) in [6.07, 6.45) is -6.17. The highest BCUT2D eigenvalue weighted by atomic mass is 16.6. The van der Waals surface area contributed by atoms with Gasteiger partial charge in [0.1, 0.15) is 0 Å². The van der Waals surface area contributed by atoms with E-state index in [1.54, 1.807) is 0 Å². The molecule has 14 heteroatoms. The molecule has 0 bridgehead atoms. The number of nitrogens with one attached hydrogen (secondary N) is 2. The minimum Gasteiger partial charge on any atom is -0.481 e. The molecule has 0 heterocycles. The van der Waals surface area contributed by atoms with E-state index in [2.05, 4.69) is 5.43 Å². The van der Waals surface area contributed by atoms with Crippen molar-refractivity contribution in [2.45, 2.75) is 31.4 Å². The molecule has 10 N–H and O–H groups in total. The predicted octanol–water partition coefficient (Wildman–Crippen LogP) is -2.28. The van der Waals surface area contributed by atoms with Crippen LogP contribution >= 0.6 is 0 Å². The molecule has 154 valence electrons. The molecule has 0 saturated heterocycles. The Labute approximate surface area is 152 Å². The molecule has 0 aliphatic rings. The molecular formula is C13H22N4O10. The summed E-state index contributed by atoms with van der Waals surface area (Å²) in [5.74, 6) is -6.67. The van der Waals surface area contributed by atoms with Gasteiger partial charge in [0.2, 0.25) is 0 Å². The summed E-state index contributed by atoms with van der Waals surface area (Å²) >= 11 is 0. The van der Waals surface area contributed by atoms with Crippen molar-refractivity contribution in [2.24, 2.45) is 16.9 Å². The minimum atomic E-state index is -2.78. The molecule has 0 rings (SSSR count). The molecule has 0 radical (unpaired) electrons. The fourth-order valence-corrected chi connectivity index (χ4v) is 2.46. The number of hydrogen-bond donors (Lipinski definition) is 8. The van der Waals surface area contributed by atoms with Crippen LogP contribution in [0.3, 0.4) is 0 Å². The molecule has 0 aliphatic carbocycles. The fraction of sp³-hybridized carbons (Fsp3) is 0.615. The van der Waals surface area contributed by atoms with Crippen molar-refractivity contribution in [3.8, 4) is 0 Å². The molecule has 0 aromatic rings. The first kappa shape index (κ1) is 24.0. The number of carbonyl (C=O) groups is 5. The van der Waals surface area contributed by atoms with Crippen molar-refractivity contribution in [1.82, 2.24) is 10.9 Å². The quantitative estimate of drug-likeness (QED) is 0.0931. The minimum absolute atomic E-state index is 0.0795. The number of nitrogens with two attached hydrogens (primary N) is 2. The zero-order valence-electron chi connectivity index (χ0n) is 14.1. The van der Waals surface area contributed by atoms with Gasteiger partial charge in [-0.25, -0.2) is 10.2 Å². The predicted molar refractivity (Wildman–Crippen MR) is 85.0 cm³/mol. The third-order valence-electron chi connectivity index (χ3n) is 3.51. The number of hydrazine groups is 1. The first-order valence-corrected chi connectivity index (χ1v) is 7.45. The van der Waals surface area contributed by atoms with Gasteiger partial charge in [-0.15, -0.1) is 0 Å². The molecule has 0 aromatic carbocycles. The van der Waals surface area contributed by atoms with Crippen molar-refractivity contribution in [3.05, 3.63) is 0 Å². The second-order valence-corrected chi connectivity index (χ2v) is 5.68. The first-order chi connectivity index (χ1) is 12.4. The van der Waals surface area contributed by atoms with Gasteiger partial charge in [-0.05, 0) is 0 Å². The van der Waals surface area contributed by atoms with Crippen LogP contribution in [0.2, 0.25) is 0 Å². The van der Waals surface area contributed by atoms with Crippen LogP contribution in [0.5, 0.6) is 0 Å². The summed E-state index contributed by atoms with van der Waals surface area (Å²) < 4.78 is 4.82. The lowest BCUT2D eigenvalue weighted by Gasteiger charge is -2.44. The maximum Gasteiger partial charge on any atom is 0.423 e. The number of ether oxygens (including phenoxy) is 1. The van der Waals surface area contributed by atoms with E-state index >= 15 is 0 Å². The highest BCUT2D eigenvalue weighted by Gasteiger charge is 2.57. The highest BCUT2D eigenvalue weighted by Crippen LogP contribution is 2.44. The molecule has 0 fully saturated rings. The molecule has 0 saturated carbocycles. The fourth-order valence-electron chi connectivity index (χ4n) is 2.46. The average Bonchev–Trinajstić information content (AvgIpc) is 2.43. The molecule has 0 aromatic heterocycles. The number of aliphatic carboxylic acids is 4. The van der Waals surface area contributed by atoms with Gasteiger partial charge in [0.15, 0.2) is 5.72 Å². The Hall–Kier alpha value is -2.97. The van der Waals surface area contributed by atoms with Crippen LogP contribution in [0.4, 0.5) is 4.79 Å². The Morgan fingerprint density at radius 1 is 0.815 bits per heavy atom. The third-order valence-corrected chi connectivity index (χ3v) is 3.51. The number of carbonyl (C=O) groups excluding carboxylic acids is 1. The average molecular weight is 394 g/mol. The van der Waals surface area contributed by atoms with Gasteiger partial charge in [-0.3, -0.25) is 30.3 Å². The van der Waals surface area contributed by atoms with E-state index in [4.69, 9.17) is 36.6 Å². The van der Waals surface area contributed by atoms with E-state index in [0.717, 1.165) is 0 Å². The second kappa shape index (κ2) is 10.2. The van der Waals surface area contributed by atoms with Gasteiger partial charge in [0.05, 0.1) is 31.1 Å². The molecule has 1 atom stereocenters. The van der Waals surface area contributed by atoms with Crippen molar-refractivity contribution in [2.75, 3.05) is 13.1 Å². The molecule has 1 unspecified atom stereocenters. The van der Waals surface area contributed by atoms with Crippen molar-refractivity contribution in [3.63, 3.8) is 0 Å². The lowest BCUT2D eigenvalue weighted by molar-refractivity contribution is -0.174. The maximum absolute atomic E-state index is 11.9. The number of carboxylic acid groups (broad SMARTS) is 4. The van der Waals surface area contributed by atoms with Crippen molar-refractivity contribution < 1.29 is 49.1 Å². The van der Waals surface area contributed by atoms with Crippen LogP contribution in [-0.2, 0) is 23.9 Å². The van der Waals surface area contributed by atoms with E-state index in [1.165, 1.54) is 0 Å². The van der Waals surface area contributed by atoms with Crippen LogP contribution in [0.1, 0.15) is 25.7 Å². The smallest absolute Gasteiger partial charge is 0.423 e. The summed E-state index contributed by atoms with van der Waals surface area (Å²) in [5, 5.41) is 36.4. The lowest BCUT2D eigenvalue weighted by Crippen LogP contribution is -2.63. The van der Waals surface area contributed by atoms with Gasteiger partial charge in [-0.2, -0.15) is 0 Å². The Balaban J connectivity index is 6.10. The molecule has 1 amide bonds. The van der Waals surface area contributed by atoms with E-state index in [-0.39, 0.29) is 13.1 Å². The van der Waals surface area contributed by atoms with Crippen LogP contribution in [0, 0.1) is 5.41 Å². The lowest BCUT2D eigenvalue weighted by atomic mass is 9.68. The van der Waals surface area contributed by atoms with Crippen LogP contribution in [0.25, 0.3) is 0 Å². The number of rotatable bonds is 13. The van der Waals surface area contributed by atoms with Gasteiger partial charge in [-0.1, -0.05) is 0 Å². The van der Waals surface area contributed by atoms with Gasteiger partial charge < -0.3 is 30.9 Å². The van der Waals surface area contributed by atoms with E-state index < -0.39 is 66.8 Å². The van der Waals surface area contributed by atoms with E-state index in [0.29, 0.717) is 0 Å². The zero-order chi connectivity index (χ0) is 21.3. The topological polar surface area (TPSA) is 252 Å². The zero-order valence-corrected chi connectivity index (χ0v) is 14.1. The summed E-state index contributed by atoms with van der Waals surface area (Å²) in [4.78, 5) is 56.8. The second-order valence-electron chi connectivity index (χ2n) is 5.68. The van der Waals surface area contributed by atoms with Crippen LogP contribution in [-0.4, -0.2) is 69.2 Å². The Bertz CT molecular complexity index is 555. The van der Waals surface area contributed by atoms with Crippen molar-refractivity contribution >= 4 is 30.0 Å². The van der Waals surface area contributed by atoms with E-state index in [9.17, 15) is 24.0 Å². The van der Waals surface area contributed by atoms with Gasteiger partial charge in [0.25, 0.3) is 0 Å². The molecule has 27 heavy (non-hydrogen) atoms.